The maximum Gasteiger partial charge on any atom is 0.200 e. The van der Waals surface area contributed by atoms with Crippen molar-refractivity contribution in [2.24, 2.45) is 5.92 Å². The molecule has 0 saturated carbocycles. The fraction of sp³-hybridized carbons (Fsp3) is 0.333. The maximum atomic E-state index is 14.5. The van der Waals surface area contributed by atoms with E-state index in [-0.39, 0.29) is 35.3 Å². The first-order valence-electron chi connectivity index (χ1n) is 10.3. The fourth-order valence-electron chi connectivity index (χ4n) is 2.10. The molecule has 0 bridgehead atoms. The van der Waals surface area contributed by atoms with Crippen LogP contribution in [0, 0.1) is 5.92 Å². The molecule has 32 heavy (non-hydrogen) atoms. The number of ether oxygens (including phenoxy) is 2. The molecule has 0 rings (SSSR count). The molecule has 5 heteroatoms. The lowest BCUT2D eigenvalue weighted by molar-refractivity contribution is 0.0626. The number of hydrogen-bond acceptors (Lipinski definition) is 2. The monoisotopic (exact) mass is 448 g/mol. The Labute approximate surface area is 191 Å². The van der Waals surface area contributed by atoms with E-state index in [9.17, 15) is 13.2 Å². The molecule has 0 spiro atoms. The van der Waals surface area contributed by atoms with Gasteiger partial charge in [-0.3, -0.25) is 0 Å². The summed E-state index contributed by atoms with van der Waals surface area (Å²) in [6.45, 7) is 29.9. The van der Waals surface area contributed by atoms with E-state index in [0.29, 0.717) is 24.2 Å². The van der Waals surface area contributed by atoms with E-state index >= 15 is 0 Å². The molecule has 0 amide bonds. The normalized spacial score (nSPS) is 13.6. The molecule has 0 aromatic rings. The molecule has 0 saturated heterocycles. The molecule has 0 aliphatic rings. The van der Waals surface area contributed by atoms with E-state index in [1.54, 1.807) is 0 Å². The minimum absolute atomic E-state index is 0.0371. The van der Waals surface area contributed by atoms with Gasteiger partial charge in [0.25, 0.3) is 0 Å². The molecule has 0 radical (unpaired) electrons. The van der Waals surface area contributed by atoms with Gasteiger partial charge in [-0.25, -0.2) is 8.78 Å². The predicted octanol–water partition coefficient (Wildman–Crippen LogP) is 8.33. The SMILES string of the molecule is C=C(/C=C\C(=C)C(=C)/C(F)=C(/F)C(=C)OCCC)C(=C)/C=C(/F)C(=C)C(C)COC(C)C. The second-order valence-corrected chi connectivity index (χ2v) is 7.59. The molecule has 0 aliphatic carbocycles. The highest BCUT2D eigenvalue weighted by Crippen LogP contribution is 2.28. The third-order valence-electron chi connectivity index (χ3n) is 4.35. The van der Waals surface area contributed by atoms with Gasteiger partial charge >= 0.3 is 0 Å². The van der Waals surface area contributed by atoms with E-state index < -0.39 is 23.2 Å². The van der Waals surface area contributed by atoms with Gasteiger partial charge in [0, 0.05) is 11.5 Å². The summed E-state index contributed by atoms with van der Waals surface area (Å²) in [5.74, 6) is -3.61. The van der Waals surface area contributed by atoms with Gasteiger partial charge in [0.05, 0.1) is 19.3 Å². The molecule has 0 aromatic heterocycles. The third-order valence-corrected chi connectivity index (χ3v) is 4.35. The van der Waals surface area contributed by atoms with Gasteiger partial charge in [-0.05, 0) is 48.6 Å². The molecule has 2 nitrogen and oxygen atoms in total. The van der Waals surface area contributed by atoms with E-state index in [2.05, 4.69) is 39.5 Å². The van der Waals surface area contributed by atoms with Gasteiger partial charge in [-0.15, -0.1) is 0 Å². The first-order valence-corrected chi connectivity index (χ1v) is 10.3. The van der Waals surface area contributed by atoms with Crippen LogP contribution < -0.4 is 0 Å². The van der Waals surface area contributed by atoms with Gasteiger partial charge in [0.2, 0.25) is 5.83 Å². The molecule has 0 aromatic carbocycles. The molecule has 1 atom stereocenters. The highest BCUT2D eigenvalue weighted by molar-refractivity contribution is 5.52. The lowest BCUT2D eigenvalue weighted by atomic mass is 9.99. The number of halogens is 3. The summed E-state index contributed by atoms with van der Waals surface area (Å²) in [4.78, 5) is 0. The highest BCUT2D eigenvalue weighted by Gasteiger charge is 2.16. The molecular weight excluding hydrogens is 413 g/mol. The Bertz CT molecular complexity index is 854. The van der Waals surface area contributed by atoms with Crippen LogP contribution in [0.2, 0.25) is 0 Å². The zero-order chi connectivity index (χ0) is 25.0. The topological polar surface area (TPSA) is 18.5 Å². The van der Waals surface area contributed by atoms with Crippen molar-refractivity contribution in [1.82, 2.24) is 0 Å². The van der Waals surface area contributed by atoms with Gasteiger partial charge in [0.1, 0.15) is 5.83 Å². The summed E-state index contributed by atoms with van der Waals surface area (Å²) in [6, 6.07) is 0. The summed E-state index contributed by atoms with van der Waals surface area (Å²) in [5, 5.41) is 0. The summed E-state index contributed by atoms with van der Waals surface area (Å²) in [5.41, 5.74) is 0.762. The second-order valence-electron chi connectivity index (χ2n) is 7.59. The van der Waals surface area contributed by atoms with E-state index in [4.69, 9.17) is 9.47 Å². The Morgan fingerprint density at radius 2 is 1.41 bits per heavy atom. The first kappa shape index (κ1) is 29.2. The smallest absolute Gasteiger partial charge is 0.200 e. The molecule has 0 aliphatic heterocycles. The molecule has 176 valence electrons. The quantitative estimate of drug-likeness (QED) is 0.185. The van der Waals surface area contributed by atoms with Crippen LogP contribution in [-0.4, -0.2) is 19.3 Å². The van der Waals surface area contributed by atoms with Crippen molar-refractivity contribution in [3.8, 4) is 0 Å². The second kappa shape index (κ2) is 14.3. The van der Waals surface area contributed by atoms with Gasteiger partial charge in [-0.2, -0.15) is 4.39 Å². The minimum atomic E-state index is -1.24. The summed E-state index contributed by atoms with van der Waals surface area (Å²) in [7, 11) is 0. The van der Waals surface area contributed by atoms with Crippen LogP contribution >= 0.6 is 0 Å². The first-order chi connectivity index (χ1) is 14.8. The van der Waals surface area contributed by atoms with Crippen molar-refractivity contribution in [2.75, 3.05) is 13.2 Å². The third kappa shape index (κ3) is 10.0. The molecular formula is C27H35F3O2. The Morgan fingerprint density at radius 3 is 1.94 bits per heavy atom. The van der Waals surface area contributed by atoms with Crippen LogP contribution in [-0.2, 0) is 9.47 Å². The number of rotatable bonds is 15. The van der Waals surface area contributed by atoms with Crippen molar-refractivity contribution >= 4 is 0 Å². The Balaban J connectivity index is 5.14. The van der Waals surface area contributed by atoms with Crippen LogP contribution in [0.5, 0.6) is 0 Å². The van der Waals surface area contributed by atoms with Gasteiger partial charge in [0.15, 0.2) is 11.6 Å². The van der Waals surface area contributed by atoms with Crippen molar-refractivity contribution in [1.29, 1.82) is 0 Å². The van der Waals surface area contributed by atoms with Crippen LogP contribution in [0.3, 0.4) is 0 Å². The average molecular weight is 449 g/mol. The maximum absolute atomic E-state index is 14.5. The fourth-order valence-corrected chi connectivity index (χ4v) is 2.10. The Hall–Kier alpha value is -2.79. The summed E-state index contributed by atoms with van der Waals surface area (Å²) >= 11 is 0. The largest absolute Gasteiger partial charge is 0.491 e. The van der Waals surface area contributed by atoms with E-state index in [1.807, 2.05) is 27.7 Å². The molecule has 0 N–H and O–H groups in total. The highest BCUT2D eigenvalue weighted by atomic mass is 19.2. The molecule has 0 heterocycles. The Morgan fingerprint density at radius 1 is 0.844 bits per heavy atom. The van der Waals surface area contributed by atoms with Crippen molar-refractivity contribution < 1.29 is 22.6 Å². The van der Waals surface area contributed by atoms with Crippen LogP contribution in [0.25, 0.3) is 0 Å². The average Bonchev–Trinajstić information content (AvgIpc) is 2.76. The minimum Gasteiger partial charge on any atom is -0.491 e. The van der Waals surface area contributed by atoms with Crippen molar-refractivity contribution in [2.45, 2.75) is 40.2 Å². The van der Waals surface area contributed by atoms with Gasteiger partial charge < -0.3 is 9.47 Å². The van der Waals surface area contributed by atoms with Crippen LogP contribution in [0.1, 0.15) is 34.1 Å². The standard InChI is InChI=1S/C27H35F3O2/c1-11-14-31-24(10)27(30)26(29)23(9)19(5)13-12-18(4)20(6)15-25(28)22(8)21(7)16-32-17(2)3/h12-13,15,17,21H,4-6,8-11,14,16H2,1-3,7H3/b13-12-,25-15+,27-26-. The van der Waals surface area contributed by atoms with E-state index in [0.717, 1.165) is 0 Å². The zero-order valence-electron chi connectivity index (χ0n) is 19.7. The van der Waals surface area contributed by atoms with Crippen molar-refractivity contribution in [3.63, 3.8) is 0 Å². The zero-order valence-corrected chi connectivity index (χ0v) is 19.7. The van der Waals surface area contributed by atoms with Gasteiger partial charge in [-0.1, -0.05) is 65.5 Å². The molecule has 0 fully saturated rings. The summed E-state index contributed by atoms with van der Waals surface area (Å²) < 4.78 is 53.4. The van der Waals surface area contributed by atoms with E-state index in [1.165, 1.54) is 18.2 Å². The van der Waals surface area contributed by atoms with Crippen LogP contribution in [0.4, 0.5) is 13.2 Å². The Kier molecular flexibility index (Phi) is 13.1. The van der Waals surface area contributed by atoms with Crippen LogP contribution in [0.15, 0.2) is 109 Å². The summed E-state index contributed by atoms with van der Waals surface area (Å²) in [6.07, 6.45) is 4.73. The number of allylic oxidation sites excluding steroid dienone is 10. The predicted molar refractivity (Wildman–Crippen MR) is 129 cm³/mol. The number of hydrogen-bond donors (Lipinski definition) is 0. The lowest BCUT2D eigenvalue weighted by Gasteiger charge is -2.16. The lowest BCUT2D eigenvalue weighted by Crippen LogP contribution is -2.13. The molecule has 1 unspecified atom stereocenters. The van der Waals surface area contributed by atoms with Crippen molar-refractivity contribution in [3.05, 3.63) is 109 Å².